The van der Waals surface area contributed by atoms with Gasteiger partial charge < -0.3 is 14.1 Å². The van der Waals surface area contributed by atoms with Crippen molar-refractivity contribution < 1.29 is 18.7 Å². The second-order valence-corrected chi connectivity index (χ2v) is 4.61. The van der Waals surface area contributed by atoms with E-state index >= 15 is 0 Å². The number of piperidine rings is 1. The van der Waals surface area contributed by atoms with Gasteiger partial charge in [-0.1, -0.05) is 0 Å². The lowest BCUT2D eigenvalue weighted by atomic mass is 9.98. The van der Waals surface area contributed by atoms with E-state index in [1.165, 1.54) is 6.39 Å². The van der Waals surface area contributed by atoms with Crippen LogP contribution in [0.5, 0.6) is 0 Å². The Morgan fingerprint density at radius 3 is 3.00 bits per heavy atom. The van der Waals surface area contributed by atoms with Crippen LogP contribution in [0.25, 0.3) is 0 Å². The summed E-state index contributed by atoms with van der Waals surface area (Å²) in [5.74, 6) is -0.413. The molecule has 1 fully saturated rings. The molecule has 104 valence electrons. The number of amides is 1. The predicted octanol–water partition coefficient (Wildman–Crippen LogP) is 1.40. The van der Waals surface area contributed by atoms with E-state index < -0.39 is 0 Å². The average Bonchev–Trinajstić information content (AvgIpc) is 2.84. The summed E-state index contributed by atoms with van der Waals surface area (Å²) in [5, 5.41) is 0. The topological polar surface area (TPSA) is 72.6 Å². The number of rotatable bonds is 3. The van der Waals surface area contributed by atoms with Crippen molar-refractivity contribution in [1.29, 1.82) is 0 Å². The van der Waals surface area contributed by atoms with E-state index in [1.54, 1.807) is 18.7 Å². The van der Waals surface area contributed by atoms with Gasteiger partial charge in [0.2, 0.25) is 5.76 Å². The summed E-state index contributed by atoms with van der Waals surface area (Å²) in [7, 11) is 0. The smallest absolute Gasteiger partial charge is 0.310 e. The molecule has 1 saturated heterocycles. The summed E-state index contributed by atoms with van der Waals surface area (Å²) in [6.07, 6.45) is 2.82. The summed E-state index contributed by atoms with van der Waals surface area (Å²) in [5.41, 5.74) is 0.572. The third-order valence-corrected chi connectivity index (χ3v) is 3.27. The zero-order valence-electron chi connectivity index (χ0n) is 11.2. The van der Waals surface area contributed by atoms with Crippen molar-refractivity contribution >= 4 is 11.9 Å². The van der Waals surface area contributed by atoms with Crippen molar-refractivity contribution in [2.45, 2.75) is 26.7 Å². The molecule has 1 aliphatic rings. The molecule has 1 aromatic rings. The Kier molecular flexibility index (Phi) is 4.19. The highest BCUT2D eigenvalue weighted by Crippen LogP contribution is 2.20. The van der Waals surface area contributed by atoms with Crippen LogP contribution < -0.4 is 0 Å². The molecule has 2 rings (SSSR count). The van der Waals surface area contributed by atoms with E-state index in [-0.39, 0.29) is 23.6 Å². The van der Waals surface area contributed by atoms with Crippen molar-refractivity contribution in [2.24, 2.45) is 5.92 Å². The first-order valence-electron chi connectivity index (χ1n) is 6.49. The lowest BCUT2D eigenvalue weighted by molar-refractivity contribution is -0.149. The van der Waals surface area contributed by atoms with Crippen LogP contribution in [0.4, 0.5) is 0 Å². The van der Waals surface area contributed by atoms with Crippen molar-refractivity contribution in [1.82, 2.24) is 9.88 Å². The first-order chi connectivity index (χ1) is 9.13. The van der Waals surface area contributed by atoms with E-state index in [0.717, 1.165) is 12.8 Å². The van der Waals surface area contributed by atoms with Crippen LogP contribution >= 0.6 is 0 Å². The fourth-order valence-corrected chi connectivity index (χ4v) is 2.26. The molecule has 0 bridgehead atoms. The van der Waals surface area contributed by atoms with Crippen molar-refractivity contribution in [3.63, 3.8) is 0 Å². The molecule has 0 spiro atoms. The molecule has 1 amide bonds. The molecule has 0 aromatic carbocycles. The largest absolute Gasteiger partial charge is 0.466 e. The Labute approximate surface area is 111 Å². The number of likely N-dealkylation sites (tertiary alicyclic amines) is 1. The quantitative estimate of drug-likeness (QED) is 0.773. The van der Waals surface area contributed by atoms with E-state index in [0.29, 0.717) is 25.4 Å². The Balaban J connectivity index is 2.03. The maximum absolute atomic E-state index is 12.2. The van der Waals surface area contributed by atoms with Gasteiger partial charge in [-0.2, -0.15) is 0 Å². The molecule has 19 heavy (non-hydrogen) atoms. The van der Waals surface area contributed by atoms with E-state index in [4.69, 9.17) is 9.15 Å². The average molecular weight is 266 g/mol. The first kappa shape index (κ1) is 13.6. The molecular weight excluding hydrogens is 248 g/mol. The van der Waals surface area contributed by atoms with Gasteiger partial charge in [0, 0.05) is 13.1 Å². The minimum Gasteiger partial charge on any atom is -0.466 e. The molecule has 0 aliphatic carbocycles. The number of nitrogens with zero attached hydrogens (tertiary/aromatic N) is 2. The summed E-state index contributed by atoms with van der Waals surface area (Å²) >= 11 is 0. The number of ether oxygens (including phenoxy) is 1. The third-order valence-electron chi connectivity index (χ3n) is 3.27. The van der Waals surface area contributed by atoms with Crippen LogP contribution in [0.3, 0.4) is 0 Å². The van der Waals surface area contributed by atoms with Crippen LogP contribution in [0, 0.1) is 12.8 Å². The van der Waals surface area contributed by atoms with Gasteiger partial charge >= 0.3 is 5.97 Å². The van der Waals surface area contributed by atoms with Crippen LogP contribution in [0.1, 0.15) is 36.0 Å². The molecule has 0 N–H and O–H groups in total. The van der Waals surface area contributed by atoms with Gasteiger partial charge in [-0.05, 0) is 26.7 Å². The second kappa shape index (κ2) is 5.86. The van der Waals surface area contributed by atoms with Crippen LogP contribution in [-0.2, 0) is 9.53 Å². The normalized spacial score (nSPS) is 19.3. The van der Waals surface area contributed by atoms with Crippen LogP contribution in [0.15, 0.2) is 10.8 Å². The molecule has 0 radical (unpaired) electrons. The molecule has 2 heterocycles. The predicted molar refractivity (Wildman–Crippen MR) is 66.5 cm³/mol. The number of carbonyl (C=O) groups excluding carboxylic acids is 2. The van der Waals surface area contributed by atoms with E-state index in [2.05, 4.69) is 4.98 Å². The monoisotopic (exact) mass is 266 g/mol. The molecule has 6 nitrogen and oxygen atoms in total. The Morgan fingerprint density at radius 1 is 1.58 bits per heavy atom. The molecule has 0 unspecified atom stereocenters. The maximum Gasteiger partial charge on any atom is 0.310 e. The van der Waals surface area contributed by atoms with E-state index in [9.17, 15) is 9.59 Å². The highest BCUT2D eigenvalue weighted by Gasteiger charge is 2.31. The first-order valence-corrected chi connectivity index (χ1v) is 6.49. The number of aryl methyl sites for hydroxylation is 1. The van der Waals surface area contributed by atoms with Crippen molar-refractivity contribution in [3.05, 3.63) is 17.8 Å². The number of oxazole rings is 1. The Morgan fingerprint density at radius 2 is 2.37 bits per heavy atom. The van der Waals surface area contributed by atoms with Crippen LogP contribution in [-0.4, -0.2) is 41.5 Å². The summed E-state index contributed by atoms with van der Waals surface area (Å²) < 4.78 is 10.1. The van der Waals surface area contributed by atoms with Gasteiger partial charge in [-0.25, -0.2) is 4.98 Å². The summed E-state index contributed by atoms with van der Waals surface area (Å²) in [4.78, 5) is 29.5. The molecule has 0 saturated carbocycles. The van der Waals surface area contributed by atoms with Crippen molar-refractivity contribution in [2.75, 3.05) is 19.7 Å². The lowest BCUT2D eigenvalue weighted by Gasteiger charge is -2.30. The molecule has 1 aliphatic heterocycles. The zero-order chi connectivity index (χ0) is 13.8. The SMILES string of the molecule is CCOC(=O)[C@@H]1CCCN(C(=O)c2ocnc2C)C1. The Hall–Kier alpha value is -1.85. The zero-order valence-corrected chi connectivity index (χ0v) is 11.2. The standard InChI is InChI=1S/C13H18N2O4/c1-3-18-13(17)10-5-4-6-15(7-10)12(16)11-9(2)14-8-19-11/h8,10H,3-7H2,1-2H3/t10-/m1/s1. The minimum absolute atomic E-state index is 0.205. The number of hydrogen-bond acceptors (Lipinski definition) is 5. The minimum atomic E-state index is -0.235. The van der Waals surface area contributed by atoms with Gasteiger partial charge in [0.15, 0.2) is 6.39 Å². The summed E-state index contributed by atoms with van der Waals surface area (Å²) in [6.45, 7) is 4.89. The summed E-state index contributed by atoms with van der Waals surface area (Å²) in [6, 6.07) is 0. The van der Waals surface area contributed by atoms with Crippen LogP contribution in [0.2, 0.25) is 0 Å². The molecule has 1 atom stereocenters. The second-order valence-electron chi connectivity index (χ2n) is 4.61. The number of aromatic nitrogens is 1. The third kappa shape index (κ3) is 2.94. The number of hydrogen-bond donors (Lipinski definition) is 0. The lowest BCUT2D eigenvalue weighted by Crippen LogP contribution is -2.42. The fourth-order valence-electron chi connectivity index (χ4n) is 2.26. The Bertz CT molecular complexity index is 469. The van der Waals surface area contributed by atoms with Gasteiger partial charge in [0.1, 0.15) is 0 Å². The highest BCUT2D eigenvalue weighted by atomic mass is 16.5. The number of esters is 1. The fraction of sp³-hybridized carbons (Fsp3) is 0.615. The van der Waals surface area contributed by atoms with E-state index in [1.807, 2.05) is 0 Å². The van der Waals surface area contributed by atoms with Gasteiger partial charge in [-0.15, -0.1) is 0 Å². The highest BCUT2D eigenvalue weighted by molar-refractivity contribution is 5.92. The van der Waals surface area contributed by atoms with Crippen molar-refractivity contribution in [3.8, 4) is 0 Å². The van der Waals surface area contributed by atoms with Gasteiger partial charge in [-0.3, -0.25) is 9.59 Å². The molecular formula is C13H18N2O4. The molecule has 6 heteroatoms. The van der Waals surface area contributed by atoms with Gasteiger partial charge in [0.05, 0.1) is 18.2 Å². The molecule has 1 aromatic heterocycles. The number of carbonyl (C=O) groups is 2. The maximum atomic E-state index is 12.2. The van der Waals surface area contributed by atoms with Gasteiger partial charge in [0.25, 0.3) is 5.91 Å².